The Bertz CT molecular complexity index is 421. The first-order valence-electron chi connectivity index (χ1n) is 6.18. The lowest BCUT2D eigenvalue weighted by molar-refractivity contribution is -0.123. The molecule has 2 heteroatoms. The number of hydrogen-bond acceptors (Lipinski definition) is 2. The molecule has 0 N–H and O–H groups in total. The smallest absolute Gasteiger partial charge is 0.140 e. The molecule has 1 atom stereocenters. The van der Waals surface area contributed by atoms with Gasteiger partial charge in [-0.3, -0.25) is 4.79 Å². The van der Waals surface area contributed by atoms with Gasteiger partial charge in [0, 0.05) is 12.3 Å². The molecule has 1 aromatic carbocycles. The normalized spacial score (nSPS) is 23.5. The molecule has 0 radical (unpaired) electrons. The Labute approximate surface area is 103 Å². The summed E-state index contributed by atoms with van der Waals surface area (Å²) in [5, 5.41) is 0. The third kappa shape index (κ3) is 2.68. The Morgan fingerprint density at radius 2 is 2.12 bits per heavy atom. The van der Waals surface area contributed by atoms with Gasteiger partial charge < -0.3 is 4.74 Å². The van der Waals surface area contributed by atoms with Crippen molar-refractivity contribution in [3.05, 3.63) is 29.8 Å². The van der Waals surface area contributed by atoms with E-state index < -0.39 is 0 Å². The van der Waals surface area contributed by atoms with Gasteiger partial charge in [-0.25, -0.2) is 0 Å². The average Bonchev–Trinajstić information content (AvgIpc) is 2.32. The number of methoxy groups -OCH3 is 1. The first-order chi connectivity index (χ1) is 8.02. The minimum atomic E-state index is 0.0499. The highest BCUT2D eigenvalue weighted by molar-refractivity contribution is 5.86. The van der Waals surface area contributed by atoms with Crippen molar-refractivity contribution in [3.63, 3.8) is 0 Å². The van der Waals surface area contributed by atoms with Gasteiger partial charge in [-0.1, -0.05) is 26.0 Å². The van der Waals surface area contributed by atoms with Gasteiger partial charge in [0.2, 0.25) is 0 Å². The molecule has 0 saturated heterocycles. The van der Waals surface area contributed by atoms with Crippen LogP contribution in [0.5, 0.6) is 5.75 Å². The van der Waals surface area contributed by atoms with Crippen molar-refractivity contribution in [1.82, 2.24) is 0 Å². The van der Waals surface area contributed by atoms with Crippen molar-refractivity contribution in [2.45, 2.75) is 39.0 Å². The maximum absolute atomic E-state index is 12.0. The molecule has 0 aliphatic heterocycles. The van der Waals surface area contributed by atoms with Crippen LogP contribution in [-0.4, -0.2) is 12.9 Å². The van der Waals surface area contributed by atoms with Crippen LogP contribution in [-0.2, 0) is 4.79 Å². The molecule has 1 aliphatic rings. The zero-order valence-corrected chi connectivity index (χ0v) is 10.8. The maximum atomic E-state index is 12.0. The molecule has 1 saturated carbocycles. The molecule has 2 rings (SSSR count). The topological polar surface area (TPSA) is 26.3 Å². The molecule has 0 bridgehead atoms. The van der Waals surface area contributed by atoms with Crippen molar-refractivity contribution in [2.75, 3.05) is 7.11 Å². The summed E-state index contributed by atoms with van der Waals surface area (Å²) in [7, 11) is 1.66. The molecule has 0 aromatic heterocycles. The zero-order valence-electron chi connectivity index (χ0n) is 10.8. The highest BCUT2D eigenvalue weighted by Gasteiger charge is 2.34. The predicted molar refractivity (Wildman–Crippen MR) is 68.4 cm³/mol. The van der Waals surface area contributed by atoms with Gasteiger partial charge >= 0.3 is 0 Å². The monoisotopic (exact) mass is 232 g/mol. The molecule has 2 nitrogen and oxygen atoms in total. The Hall–Kier alpha value is -1.31. The van der Waals surface area contributed by atoms with Crippen molar-refractivity contribution in [2.24, 2.45) is 5.41 Å². The van der Waals surface area contributed by atoms with Gasteiger partial charge in [0.25, 0.3) is 0 Å². The largest absolute Gasteiger partial charge is 0.497 e. The van der Waals surface area contributed by atoms with E-state index in [0.29, 0.717) is 12.2 Å². The van der Waals surface area contributed by atoms with E-state index in [-0.39, 0.29) is 11.3 Å². The summed E-state index contributed by atoms with van der Waals surface area (Å²) in [5.74, 6) is 1.25. The average molecular weight is 232 g/mol. The number of ether oxygens (including phenoxy) is 1. The quantitative estimate of drug-likeness (QED) is 0.779. The van der Waals surface area contributed by atoms with Gasteiger partial charge in [0.1, 0.15) is 11.5 Å². The number of benzene rings is 1. The molecule has 0 heterocycles. The second-order valence-electron chi connectivity index (χ2n) is 5.66. The molecule has 92 valence electrons. The summed E-state index contributed by atoms with van der Waals surface area (Å²) in [4.78, 5) is 12.0. The highest BCUT2D eigenvalue weighted by Crippen LogP contribution is 2.41. The molecule has 1 aliphatic carbocycles. The van der Waals surface area contributed by atoms with Crippen LogP contribution in [0.4, 0.5) is 0 Å². The summed E-state index contributed by atoms with van der Waals surface area (Å²) in [6, 6.07) is 7.90. The van der Waals surface area contributed by atoms with Crippen LogP contribution in [0.3, 0.4) is 0 Å². The fraction of sp³-hybridized carbons (Fsp3) is 0.533. The minimum Gasteiger partial charge on any atom is -0.497 e. The Morgan fingerprint density at radius 1 is 1.35 bits per heavy atom. The van der Waals surface area contributed by atoms with Gasteiger partial charge in [-0.05, 0) is 36.0 Å². The third-order valence-electron chi connectivity index (χ3n) is 3.69. The van der Waals surface area contributed by atoms with Crippen molar-refractivity contribution < 1.29 is 9.53 Å². The number of ketones is 1. The summed E-state index contributed by atoms with van der Waals surface area (Å²) in [5.41, 5.74) is 1.36. The zero-order chi connectivity index (χ0) is 12.5. The number of carbonyl (C=O) groups excluding carboxylic acids is 1. The molecule has 17 heavy (non-hydrogen) atoms. The Morgan fingerprint density at radius 3 is 2.82 bits per heavy atom. The van der Waals surface area contributed by atoms with Crippen LogP contribution in [0.15, 0.2) is 24.3 Å². The molecular weight excluding hydrogens is 212 g/mol. The fourth-order valence-corrected chi connectivity index (χ4v) is 2.57. The van der Waals surface area contributed by atoms with E-state index in [2.05, 4.69) is 13.8 Å². The van der Waals surface area contributed by atoms with Gasteiger partial charge in [-0.15, -0.1) is 0 Å². The molecule has 1 aromatic rings. The summed E-state index contributed by atoms with van der Waals surface area (Å²) >= 11 is 0. The predicted octanol–water partition coefficient (Wildman–Crippen LogP) is 3.56. The van der Waals surface area contributed by atoms with Gasteiger partial charge in [0.05, 0.1) is 7.11 Å². The number of hydrogen-bond donors (Lipinski definition) is 0. The van der Waals surface area contributed by atoms with Crippen LogP contribution in [0.25, 0.3) is 0 Å². The van der Waals surface area contributed by atoms with Crippen LogP contribution in [0.1, 0.15) is 44.6 Å². The van der Waals surface area contributed by atoms with E-state index in [1.54, 1.807) is 7.11 Å². The van der Waals surface area contributed by atoms with Crippen LogP contribution in [0, 0.1) is 5.41 Å². The van der Waals surface area contributed by atoms with E-state index in [9.17, 15) is 4.79 Å². The van der Waals surface area contributed by atoms with E-state index in [4.69, 9.17) is 4.74 Å². The first-order valence-corrected chi connectivity index (χ1v) is 6.18. The Kier molecular flexibility index (Phi) is 3.23. The number of rotatable bonds is 2. The van der Waals surface area contributed by atoms with Crippen molar-refractivity contribution >= 4 is 5.78 Å². The lowest BCUT2D eigenvalue weighted by Crippen LogP contribution is -2.28. The second-order valence-corrected chi connectivity index (χ2v) is 5.66. The number of carbonyl (C=O) groups is 1. The first kappa shape index (κ1) is 12.2. The summed E-state index contributed by atoms with van der Waals surface area (Å²) < 4.78 is 5.22. The van der Waals surface area contributed by atoms with E-state index in [1.165, 1.54) is 0 Å². The standard InChI is InChI=1S/C15H20O2/c1-15(2)8-7-14(16)13(10-15)11-5-4-6-12(9-11)17-3/h4-6,9,13H,7-8,10H2,1-3H3/t13-/m0/s1. The Balaban J connectivity index is 2.27. The van der Waals surface area contributed by atoms with Crippen LogP contribution in [0.2, 0.25) is 0 Å². The van der Waals surface area contributed by atoms with Crippen molar-refractivity contribution in [1.29, 1.82) is 0 Å². The minimum absolute atomic E-state index is 0.0499. The highest BCUT2D eigenvalue weighted by atomic mass is 16.5. The molecule has 1 fully saturated rings. The lowest BCUT2D eigenvalue weighted by Gasteiger charge is -2.34. The molecule has 0 spiro atoms. The molecular formula is C15H20O2. The summed E-state index contributed by atoms with van der Waals surface area (Å²) in [6.45, 7) is 4.49. The maximum Gasteiger partial charge on any atom is 0.140 e. The van der Waals surface area contributed by atoms with Crippen LogP contribution >= 0.6 is 0 Å². The molecule has 0 unspecified atom stereocenters. The summed E-state index contributed by atoms with van der Waals surface area (Å²) in [6.07, 6.45) is 2.65. The van der Waals surface area contributed by atoms with Crippen LogP contribution < -0.4 is 4.74 Å². The van der Waals surface area contributed by atoms with E-state index >= 15 is 0 Å². The van der Waals surface area contributed by atoms with Crippen molar-refractivity contribution in [3.8, 4) is 5.75 Å². The van der Waals surface area contributed by atoms with E-state index in [0.717, 1.165) is 24.2 Å². The second kappa shape index (κ2) is 4.52. The third-order valence-corrected chi connectivity index (χ3v) is 3.69. The van der Waals surface area contributed by atoms with Gasteiger partial charge in [-0.2, -0.15) is 0 Å². The number of Topliss-reactive ketones (excluding diaryl/α,β-unsaturated/α-hetero) is 1. The fourth-order valence-electron chi connectivity index (χ4n) is 2.57. The lowest BCUT2D eigenvalue weighted by atomic mass is 9.69. The van der Waals surface area contributed by atoms with E-state index in [1.807, 2.05) is 24.3 Å². The van der Waals surface area contributed by atoms with Gasteiger partial charge in [0.15, 0.2) is 0 Å². The molecule has 0 amide bonds. The SMILES string of the molecule is COc1cccc([C@@H]2CC(C)(C)CCC2=O)c1.